The van der Waals surface area contributed by atoms with Crippen LogP contribution in [-0.4, -0.2) is 21.0 Å². The highest BCUT2D eigenvalue weighted by atomic mass is 32.2. The summed E-state index contributed by atoms with van der Waals surface area (Å²) in [4.78, 5) is 28.2. The molecule has 21 heavy (non-hydrogen) atoms. The Morgan fingerprint density at radius 1 is 1.43 bits per heavy atom. The summed E-state index contributed by atoms with van der Waals surface area (Å²) in [6.45, 7) is 0. The molecule has 2 rings (SSSR count). The number of aromatic nitrogens is 2. The summed E-state index contributed by atoms with van der Waals surface area (Å²) >= 11 is 1.91. The third-order valence-electron chi connectivity index (χ3n) is 2.23. The zero-order valence-electron chi connectivity index (χ0n) is 10.1. The van der Waals surface area contributed by atoms with Crippen LogP contribution in [0.3, 0.4) is 0 Å². The molecule has 0 aliphatic carbocycles. The lowest BCUT2D eigenvalue weighted by atomic mass is 10.4. The van der Waals surface area contributed by atoms with E-state index in [-0.39, 0.29) is 15.8 Å². The third-order valence-corrected chi connectivity index (χ3v) is 4.41. The van der Waals surface area contributed by atoms with Crippen LogP contribution in [0.15, 0.2) is 28.2 Å². The van der Waals surface area contributed by atoms with Crippen LogP contribution < -0.4 is 5.56 Å². The number of aromatic amines is 1. The van der Waals surface area contributed by atoms with E-state index >= 15 is 0 Å². The predicted molar refractivity (Wildman–Crippen MR) is 70.7 cm³/mol. The van der Waals surface area contributed by atoms with Gasteiger partial charge in [0.25, 0.3) is 5.56 Å². The first-order valence-electron chi connectivity index (χ1n) is 5.39. The van der Waals surface area contributed by atoms with Gasteiger partial charge in [0.2, 0.25) is 0 Å². The molecule has 0 atom stereocenters. The average Bonchev–Trinajstić information content (AvgIpc) is 2.83. The zero-order valence-corrected chi connectivity index (χ0v) is 11.7. The van der Waals surface area contributed by atoms with Gasteiger partial charge in [-0.05, 0) is 12.1 Å². The second-order valence-corrected chi connectivity index (χ2v) is 5.93. The van der Waals surface area contributed by atoms with Crippen LogP contribution in [0.25, 0.3) is 0 Å². The van der Waals surface area contributed by atoms with Crippen LogP contribution in [0.4, 0.5) is 13.2 Å². The van der Waals surface area contributed by atoms with Crippen molar-refractivity contribution in [3.05, 3.63) is 44.0 Å². The van der Waals surface area contributed by atoms with Gasteiger partial charge in [0.1, 0.15) is 4.88 Å². The number of hydrogen-bond donors (Lipinski definition) is 2. The molecule has 0 unspecified atom stereocenters. The van der Waals surface area contributed by atoms with Crippen molar-refractivity contribution in [2.75, 3.05) is 0 Å². The number of carbonyl (C=O) groups is 1. The Morgan fingerprint density at radius 2 is 2.14 bits per heavy atom. The summed E-state index contributed by atoms with van der Waals surface area (Å²) in [5.41, 5.74) is -2.15. The SMILES string of the molecule is O=C(O)c1ccc(CSc2nc(C(F)(F)F)cc(=O)[nH]2)s1. The van der Waals surface area contributed by atoms with Crippen molar-refractivity contribution in [1.82, 2.24) is 9.97 Å². The first kappa shape index (κ1) is 15.6. The molecule has 0 aliphatic heterocycles. The van der Waals surface area contributed by atoms with E-state index in [2.05, 4.69) is 9.97 Å². The molecule has 0 aromatic carbocycles. The van der Waals surface area contributed by atoms with Crippen LogP contribution >= 0.6 is 23.1 Å². The smallest absolute Gasteiger partial charge is 0.433 e. The molecular formula is C11H7F3N2O3S2. The lowest BCUT2D eigenvalue weighted by molar-refractivity contribution is -0.141. The van der Waals surface area contributed by atoms with E-state index in [0.29, 0.717) is 10.9 Å². The van der Waals surface area contributed by atoms with E-state index in [0.717, 1.165) is 23.1 Å². The van der Waals surface area contributed by atoms with Crippen LogP contribution in [0, 0.1) is 0 Å². The van der Waals surface area contributed by atoms with E-state index in [9.17, 15) is 22.8 Å². The van der Waals surface area contributed by atoms with Crippen molar-refractivity contribution in [1.29, 1.82) is 0 Å². The predicted octanol–water partition coefficient (Wildman–Crippen LogP) is 2.84. The van der Waals surface area contributed by atoms with Crippen molar-refractivity contribution in [3.8, 4) is 0 Å². The minimum atomic E-state index is -4.69. The van der Waals surface area contributed by atoms with Gasteiger partial charge in [0, 0.05) is 16.7 Å². The van der Waals surface area contributed by atoms with E-state index < -0.39 is 23.4 Å². The Balaban J connectivity index is 2.14. The molecule has 2 aromatic heterocycles. The van der Waals surface area contributed by atoms with Crippen molar-refractivity contribution in [2.24, 2.45) is 0 Å². The molecule has 112 valence electrons. The standard InChI is InChI=1S/C11H7F3N2O3S2/c12-11(13,14)7-3-8(17)16-10(15-7)20-4-5-1-2-6(21-5)9(18)19/h1-3H,4H2,(H,18,19)(H,15,16,17). The van der Waals surface area contributed by atoms with Crippen molar-refractivity contribution < 1.29 is 23.1 Å². The topological polar surface area (TPSA) is 83.0 Å². The van der Waals surface area contributed by atoms with Crippen LogP contribution in [0.1, 0.15) is 20.2 Å². The summed E-state index contributed by atoms with van der Waals surface area (Å²) in [6, 6.07) is 3.36. The number of carboxylic acids is 1. The number of halogens is 3. The molecule has 0 saturated heterocycles. The minimum Gasteiger partial charge on any atom is -0.477 e. The zero-order chi connectivity index (χ0) is 15.6. The van der Waals surface area contributed by atoms with Gasteiger partial charge in [0.15, 0.2) is 10.9 Å². The molecule has 0 amide bonds. The van der Waals surface area contributed by atoms with Crippen molar-refractivity contribution >= 4 is 29.1 Å². The number of thiophene rings is 1. The molecule has 0 fully saturated rings. The Bertz CT molecular complexity index is 724. The lowest BCUT2D eigenvalue weighted by Gasteiger charge is -2.06. The third kappa shape index (κ3) is 4.08. The Morgan fingerprint density at radius 3 is 2.71 bits per heavy atom. The van der Waals surface area contributed by atoms with Gasteiger partial charge in [-0.15, -0.1) is 11.3 Å². The summed E-state index contributed by atoms with van der Waals surface area (Å²) in [7, 11) is 0. The number of nitrogens with one attached hydrogen (secondary N) is 1. The van der Waals surface area contributed by atoms with Crippen molar-refractivity contribution in [2.45, 2.75) is 17.1 Å². The molecule has 0 bridgehead atoms. The molecule has 2 N–H and O–H groups in total. The molecular weight excluding hydrogens is 329 g/mol. The van der Waals surface area contributed by atoms with Crippen LogP contribution in [0.2, 0.25) is 0 Å². The molecule has 0 saturated carbocycles. The first-order chi connectivity index (χ1) is 9.75. The highest BCUT2D eigenvalue weighted by Crippen LogP contribution is 2.29. The molecule has 0 aliphatic rings. The van der Waals surface area contributed by atoms with Gasteiger partial charge in [-0.25, -0.2) is 9.78 Å². The first-order valence-corrected chi connectivity index (χ1v) is 7.19. The Hall–Kier alpha value is -1.81. The Labute approximate surface area is 123 Å². The number of rotatable bonds is 4. The number of hydrogen-bond acceptors (Lipinski definition) is 5. The monoisotopic (exact) mass is 336 g/mol. The molecule has 2 aromatic rings. The fourth-order valence-electron chi connectivity index (χ4n) is 1.36. The summed E-state index contributed by atoms with van der Waals surface area (Å²) in [6.07, 6.45) is -4.69. The second kappa shape index (κ2) is 5.90. The molecule has 10 heteroatoms. The molecule has 2 heterocycles. The van der Waals surface area contributed by atoms with Gasteiger partial charge in [-0.3, -0.25) is 4.79 Å². The largest absolute Gasteiger partial charge is 0.477 e. The normalized spacial score (nSPS) is 11.6. The number of H-pyrrole nitrogens is 1. The van der Waals surface area contributed by atoms with E-state index in [1.807, 2.05) is 0 Å². The lowest BCUT2D eigenvalue weighted by Crippen LogP contribution is -2.16. The number of carboxylic acid groups (broad SMARTS) is 1. The summed E-state index contributed by atoms with van der Waals surface area (Å²) in [5, 5.41) is 8.60. The van der Waals surface area contributed by atoms with Gasteiger partial charge in [-0.2, -0.15) is 13.2 Å². The maximum atomic E-state index is 12.5. The number of alkyl halides is 3. The fourth-order valence-corrected chi connectivity index (χ4v) is 3.12. The van der Waals surface area contributed by atoms with Gasteiger partial charge < -0.3 is 10.1 Å². The molecule has 0 spiro atoms. The van der Waals surface area contributed by atoms with Crippen LogP contribution in [-0.2, 0) is 11.9 Å². The van der Waals surface area contributed by atoms with Gasteiger partial charge >= 0.3 is 12.1 Å². The highest BCUT2D eigenvalue weighted by Gasteiger charge is 2.33. The van der Waals surface area contributed by atoms with E-state index in [1.165, 1.54) is 6.07 Å². The second-order valence-electron chi connectivity index (χ2n) is 3.79. The van der Waals surface area contributed by atoms with Crippen molar-refractivity contribution in [3.63, 3.8) is 0 Å². The van der Waals surface area contributed by atoms with Crippen LogP contribution in [0.5, 0.6) is 0 Å². The fraction of sp³-hybridized carbons (Fsp3) is 0.182. The molecule has 5 nitrogen and oxygen atoms in total. The minimum absolute atomic E-state index is 0.135. The van der Waals surface area contributed by atoms with Gasteiger partial charge in [0.05, 0.1) is 0 Å². The molecule has 0 radical (unpaired) electrons. The van der Waals surface area contributed by atoms with E-state index in [1.54, 1.807) is 6.07 Å². The van der Waals surface area contributed by atoms with E-state index in [4.69, 9.17) is 5.11 Å². The summed E-state index contributed by atoms with van der Waals surface area (Å²) in [5.74, 6) is -0.857. The van der Waals surface area contributed by atoms with Gasteiger partial charge in [-0.1, -0.05) is 11.8 Å². The number of nitrogens with zero attached hydrogens (tertiary/aromatic N) is 1. The summed E-state index contributed by atoms with van der Waals surface area (Å²) < 4.78 is 37.5. The maximum absolute atomic E-state index is 12.5. The number of thioether (sulfide) groups is 1. The maximum Gasteiger partial charge on any atom is 0.433 e. The Kier molecular flexibility index (Phi) is 4.37. The highest BCUT2D eigenvalue weighted by molar-refractivity contribution is 7.98. The average molecular weight is 336 g/mol. The quantitative estimate of drug-likeness (QED) is 0.663. The number of aromatic carboxylic acids is 1.